The van der Waals surface area contributed by atoms with Crippen LogP contribution in [-0.2, 0) is 6.42 Å². The molecule has 0 spiro atoms. The summed E-state index contributed by atoms with van der Waals surface area (Å²) < 4.78 is 5.76. The number of unbranched alkanes of at least 4 members (excludes halogenated alkanes) is 1. The summed E-state index contributed by atoms with van der Waals surface area (Å²) in [6, 6.07) is 10.8. The molecule has 0 saturated carbocycles. The van der Waals surface area contributed by atoms with Crippen molar-refractivity contribution in [2.75, 3.05) is 19.6 Å². The molecule has 3 heteroatoms. The molecule has 4 rings (SSSR count). The highest BCUT2D eigenvalue weighted by Crippen LogP contribution is 2.26. The summed E-state index contributed by atoms with van der Waals surface area (Å²) in [5.41, 5.74) is 3.59. The number of aromatic amines is 1. The number of fused-ring (bicyclic) bond motifs is 1. The minimum atomic E-state index is 1.04. The van der Waals surface area contributed by atoms with E-state index >= 15 is 0 Å². The maximum Gasteiger partial charge on any atom is 0.104 e. The Morgan fingerprint density at radius 2 is 1.91 bits per heavy atom. The van der Waals surface area contributed by atoms with Crippen molar-refractivity contribution < 1.29 is 4.42 Å². The molecule has 2 aromatic heterocycles. The van der Waals surface area contributed by atoms with Crippen molar-refractivity contribution in [3.8, 4) is 11.1 Å². The van der Waals surface area contributed by atoms with Crippen molar-refractivity contribution >= 4 is 10.9 Å². The first-order valence-corrected chi connectivity index (χ1v) is 8.76. The van der Waals surface area contributed by atoms with Gasteiger partial charge < -0.3 is 14.3 Å². The van der Waals surface area contributed by atoms with Crippen molar-refractivity contribution in [1.29, 1.82) is 0 Å². The molecule has 1 saturated heterocycles. The second kappa shape index (κ2) is 6.63. The zero-order valence-electron chi connectivity index (χ0n) is 13.6. The molecule has 3 nitrogen and oxygen atoms in total. The molecule has 0 bridgehead atoms. The predicted octanol–water partition coefficient (Wildman–Crippen LogP) is 4.85. The number of hydrogen-bond acceptors (Lipinski definition) is 2. The molecule has 3 heterocycles. The Morgan fingerprint density at radius 3 is 2.83 bits per heavy atom. The van der Waals surface area contributed by atoms with Gasteiger partial charge in [-0.3, -0.25) is 0 Å². The number of likely N-dealkylation sites (tertiary alicyclic amines) is 1. The van der Waals surface area contributed by atoms with E-state index in [1.165, 1.54) is 67.3 Å². The van der Waals surface area contributed by atoms with Gasteiger partial charge in [-0.1, -0.05) is 6.07 Å². The van der Waals surface area contributed by atoms with E-state index in [-0.39, 0.29) is 0 Å². The highest BCUT2D eigenvalue weighted by atomic mass is 16.3. The first-order valence-electron chi connectivity index (χ1n) is 8.76. The standard InChI is InChI=1S/C20H24N2O/c1(2-10-22-11-3-4-12-22)5-19-14-18(15-23-19)16-6-7-20-17(13-16)8-9-21-20/h6-9,13-15,21H,1-5,10-12H2. The van der Waals surface area contributed by atoms with Crippen molar-refractivity contribution in [2.45, 2.75) is 32.1 Å². The van der Waals surface area contributed by atoms with E-state index in [0.717, 1.165) is 12.2 Å². The largest absolute Gasteiger partial charge is 0.469 e. The minimum absolute atomic E-state index is 1.04. The summed E-state index contributed by atoms with van der Waals surface area (Å²) in [6.45, 7) is 3.84. The second-order valence-corrected chi connectivity index (χ2v) is 6.59. The maximum atomic E-state index is 5.76. The van der Waals surface area contributed by atoms with E-state index in [4.69, 9.17) is 4.42 Å². The summed E-state index contributed by atoms with van der Waals surface area (Å²) in [6.07, 6.45) is 10.2. The summed E-state index contributed by atoms with van der Waals surface area (Å²) in [4.78, 5) is 5.82. The lowest BCUT2D eigenvalue weighted by Gasteiger charge is -2.13. The molecule has 23 heavy (non-hydrogen) atoms. The molecule has 1 aliphatic heterocycles. The molecule has 0 amide bonds. The Hall–Kier alpha value is -2.00. The quantitative estimate of drug-likeness (QED) is 0.660. The maximum absolute atomic E-state index is 5.76. The smallest absolute Gasteiger partial charge is 0.104 e. The van der Waals surface area contributed by atoms with Gasteiger partial charge in [0.2, 0.25) is 0 Å². The highest BCUT2D eigenvalue weighted by molar-refractivity contribution is 5.84. The van der Waals surface area contributed by atoms with Gasteiger partial charge in [0.25, 0.3) is 0 Å². The summed E-state index contributed by atoms with van der Waals surface area (Å²) in [5.74, 6) is 1.11. The average Bonchev–Trinajstić information content (AvgIpc) is 3.31. The lowest BCUT2D eigenvalue weighted by atomic mass is 10.1. The molecule has 1 N–H and O–H groups in total. The van der Waals surface area contributed by atoms with Gasteiger partial charge in [-0.25, -0.2) is 0 Å². The van der Waals surface area contributed by atoms with Gasteiger partial charge in [-0.15, -0.1) is 0 Å². The van der Waals surface area contributed by atoms with Gasteiger partial charge in [-0.2, -0.15) is 0 Å². The van der Waals surface area contributed by atoms with E-state index in [2.05, 4.69) is 40.2 Å². The van der Waals surface area contributed by atoms with Crippen LogP contribution in [0.3, 0.4) is 0 Å². The summed E-state index contributed by atoms with van der Waals surface area (Å²) in [5, 5.41) is 1.25. The molecule has 1 aromatic carbocycles. The lowest BCUT2D eigenvalue weighted by Crippen LogP contribution is -2.20. The van der Waals surface area contributed by atoms with Crippen molar-refractivity contribution in [3.63, 3.8) is 0 Å². The Morgan fingerprint density at radius 1 is 1.00 bits per heavy atom. The van der Waals surface area contributed by atoms with Crippen LogP contribution in [0.5, 0.6) is 0 Å². The minimum Gasteiger partial charge on any atom is -0.469 e. The van der Waals surface area contributed by atoms with Crippen LogP contribution in [0.15, 0.2) is 47.2 Å². The third kappa shape index (κ3) is 3.35. The van der Waals surface area contributed by atoms with Crippen molar-refractivity contribution in [3.05, 3.63) is 48.6 Å². The van der Waals surface area contributed by atoms with Gasteiger partial charge >= 0.3 is 0 Å². The van der Waals surface area contributed by atoms with Crippen molar-refractivity contribution in [1.82, 2.24) is 9.88 Å². The molecule has 120 valence electrons. The van der Waals surface area contributed by atoms with Gasteiger partial charge in [0.05, 0.1) is 6.26 Å². The topological polar surface area (TPSA) is 32.2 Å². The fourth-order valence-corrected chi connectivity index (χ4v) is 3.54. The van der Waals surface area contributed by atoms with E-state index in [9.17, 15) is 0 Å². The number of hydrogen-bond donors (Lipinski definition) is 1. The van der Waals surface area contributed by atoms with Crippen LogP contribution in [0.1, 0.15) is 31.4 Å². The van der Waals surface area contributed by atoms with E-state index < -0.39 is 0 Å². The van der Waals surface area contributed by atoms with E-state index in [1.54, 1.807) is 0 Å². The summed E-state index contributed by atoms with van der Waals surface area (Å²) in [7, 11) is 0. The zero-order chi connectivity index (χ0) is 15.5. The number of nitrogens with zero attached hydrogens (tertiary/aromatic N) is 1. The van der Waals surface area contributed by atoms with Gasteiger partial charge in [0, 0.05) is 23.7 Å². The molecule has 3 aromatic rings. The van der Waals surface area contributed by atoms with Gasteiger partial charge in [0.1, 0.15) is 5.76 Å². The molecule has 0 aliphatic carbocycles. The van der Waals surface area contributed by atoms with Crippen LogP contribution >= 0.6 is 0 Å². The molecule has 1 fully saturated rings. The Balaban J connectivity index is 1.34. The number of nitrogens with one attached hydrogen (secondary N) is 1. The number of benzene rings is 1. The van der Waals surface area contributed by atoms with Gasteiger partial charge in [-0.05, 0) is 80.5 Å². The molecular weight excluding hydrogens is 284 g/mol. The fraction of sp³-hybridized carbons (Fsp3) is 0.400. The molecule has 0 atom stereocenters. The number of H-pyrrole nitrogens is 1. The van der Waals surface area contributed by atoms with Crippen molar-refractivity contribution in [2.24, 2.45) is 0 Å². The number of furan rings is 1. The Labute approximate surface area is 137 Å². The monoisotopic (exact) mass is 308 g/mol. The summed E-state index contributed by atoms with van der Waals surface area (Å²) >= 11 is 0. The molecule has 0 radical (unpaired) electrons. The first kappa shape index (κ1) is 14.6. The number of aryl methyl sites for hydroxylation is 1. The van der Waals surface area contributed by atoms with Crippen LogP contribution in [0.4, 0.5) is 0 Å². The Bertz CT molecular complexity index is 765. The Kier molecular flexibility index (Phi) is 4.20. The van der Waals surface area contributed by atoms with Crippen LogP contribution in [0.2, 0.25) is 0 Å². The number of aromatic nitrogens is 1. The number of rotatable bonds is 6. The van der Waals surface area contributed by atoms with E-state index in [0.29, 0.717) is 0 Å². The zero-order valence-corrected chi connectivity index (χ0v) is 13.6. The second-order valence-electron chi connectivity index (χ2n) is 6.59. The fourth-order valence-electron chi connectivity index (χ4n) is 3.54. The van der Waals surface area contributed by atoms with E-state index in [1.807, 2.05) is 12.5 Å². The molecule has 0 unspecified atom stereocenters. The third-order valence-corrected chi connectivity index (χ3v) is 4.89. The first-order chi connectivity index (χ1) is 11.4. The third-order valence-electron chi connectivity index (χ3n) is 4.89. The molecular formula is C20H24N2O. The van der Waals surface area contributed by atoms with Gasteiger partial charge in [0.15, 0.2) is 0 Å². The SMILES string of the molecule is c1cc2cc(-c3coc(CCCCN4CCCC4)c3)ccc2[nH]1. The average molecular weight is 308 g/mol. The van der Waals surface area contributed by atoms with Crippen LogP contribution < -0.4 is 0 Å². The predicted molar refractivity (Wildman–Crippen MR) is 94.6 cm³/mol. The molecule has 1 aliphatic rings. The van der Waals surface area contributed by atoms with Crippen LogP contribution in [-0.4, -0.2) is 29.5 Å². The lowest BCUT2D eigenvalue weighted by molar-refractivity contribution is 0.328. The highest BCUT2D eigenvalue weighted by Gasteiger charge is 2.11. The van der Waals surface area contributed by atoms with Crippen LogP contribution in [0.25, 0.3) is 22.0 Å². The van der Waals surface area contributed by atoms with Crippen LogP contribution in [0, 0.1) is 0 Å². The normalized spacial score (nSPS) is 15.7.